The lowest BCUT2D eigenvalue weighted by atomic mass is 9.86. The number of rotatable bonds is 4. The van der Waals surface area contributed by atoms with E-state index in [0.717, 1.165) is 5.75 Å². The van der Waals surface area contributed by atoms with Crippen LogP contribution in [0.5, 0.6) is 0 Å². The largest absolute Gasteiger partial charge is 0.392 e. The molecule has 0 saturated heterocycles. The molecule has 0 aliphatic heterocycles. The Balaban J connectivity index is 1.78. The average molecular weight is 250 g/mol. The van der Waals surface area contributed by atoms with Crippen LogP contribution in [0.3, 0.4) is 0 Å². The fourth-order valence-corrected chi connectivity index (χ4v) is 3.44. The summed E-state index contributed by atoms with van der Waals surface area (Å²) in [4.78, 5) is 1.27. The van der Waals surface area contributed by atoms with E-state index in [1.807, 2.05) is 0 Å². The van der Waals surface area contributed by atoms with Crippen LogP contribution in [0.15, 0.2) is 29.2 Å². The van der Waals surface area contributed by atoms with Gasteiger partial charge in [0.25, 0.3) is 0 Å². The van der Waals surface area contributed by atoms with E-state index < -0.39 is 0 Å². The van der Waals surface area contributed by atoms with Crippen molar-refractivity contribution in [3.05, 3.63) is 29.8 Å². The van der Waals surface area contributed by atoms with Crippen LogP contribution in [0.4, 0.5) is 0 Å². The van der Waals surface area contributed by atoms with Gasteiger partial charge in [-0.3, -0.25) is 0 Å². The summed E-state index contributed by atoms with van der Waals surface area (Å²) in [7, 11) is 0. The molecule has 0 heterocycles. The predicted molar refractivity (Wildman–Crippen MR) is 74.5 cm³/mol. The van der Waals surface area contributed by atoms with Gasteiger partial charge in [0, 0.05) is 10.6 Å². The number of hydrogen-bond acceptors (Lipinski definition) is 2. The predicted octanol–water partition coefficient (Wildman–Crippen LogP) is 4.03. The van der Waals surface area contributed by atoms with Gasteiger partial charge in [-0.1, -0.05) is 37.0 Å². The molecule has 17 heavy (non-hydrogen) atoms. The van der Waals surface area contributed by atoms with Crippen molar-refractivity contribution in [3.8, 4) is 0 Å². The van der Waals surface area contributed by atoms with Gasteiger partial charge < -0.3 is 5.11 Å². The second kappa shape index (κ2) is 6.46. The van der Waals surface area contributed by atoms with Crippen LogP contribution in [0.2, 0.25) is 0 Å². The van der Waals surface area contributed by atoms with Crippen LogP contribution in [0, 0.1) is 12.8 Å². The summed E-state index contributed by atoms with van der Waals surface area (Å²) in [6.45, 7) is 2.10. The Bertz CT molecular complexity index is 327. The van der Waals surface area contributed by atoms with Gasteiger partial charge in [-0.2, -0.15) is 0 Å². The fourth-order valence-electron chi connectivity index (χ4n) is 2.47. The first-order chi connectivity index (χ1) is 8.25. The molecule has 0 spiro atoms. The Hall–Kier alpha value is -0.470. The molecule has 1 fully saturated rings. The van der Waals surface area contributed by atoms with Crippen LogP contribution in [-0.4, -0.2) is 17.0 Å². The Morgan fingerprint density at radius 2 is 1.82 bits per heavy atom. The number of aryl methyl sites for hydroxylation is 1. The van der Waals surface area contributed by atoms with Crippen LogP contribution < -0.4 is 0 Å². The van der Waals surface area contributed by atoms with Gasteiger partial charge in [-0.05, 0) is 37.8 Å². The topological polar surface area (TPSA) is 20.2 Å². The summed E-state index contributed by atoms with van der Waals surface area (Å²) in [6.07, 6.45) is 6.27. The van der Waals surface area contributed by atoms with Crippen molar-refractivity contribution in [3.63, 3.8) is 0 Å². The molecule has 1 N–H and O–H groups in total. The molecule has 1 aromatic carbocycles. The maximum Gasteiger partial charge on any atom is 0.0662 e. The lowest BCUT2D eigenvalue weighted by Crippen LogP contribution is -2.24. The minimum absolute atomic E-state index is 0.124. The molecule has 0 radical (unpaired) electrons. The van der Waals surface area contributed by atoms with Crippen LogP contribution in [0.25, 0.3) is 0 Å². The van der Waals surface area contributed by atoms with E-state index in [2.05, 4.69) is 31.2 Å². The normalized spacial score (nSPS) is 19.2. The van der Waals surface area contributed by atoms with Crippen molar-refractivity contribution in [2.45, 2.75) is 50.0 Å². The van der Waals surface area contributed by atoms with Crippen LogP contribution in [0.1, 0.15) is 37.7 Å². The molecule has 1 unspecified atom stereocenters. The molecule has 1 aliphatic rings. The molecular weight excluding hydrogens is 228 g/mol. The van der Waals surface area contributed by atoms with E-state index in [1.54, 1.807) is 11.8 Å². The molecule has 1 aliphatic carbocycles. The van der Waals surface area contributed by atoms with Gasteiger partial charge in [-0.15, -0.1) is 11.8 Å². The Morgan fingerprint density at radius 1 is 1.18 bits per heavy atom. The van der Waals surface area contributed by atoms with Crippen molar-refractivity contribution >= 4 is 11.8 Å². The second-order valence-electron chi connectivity index (χ2n) is 5.09. The average Bonchev–Trinajstić information content (AvgIpc) is 2.39. The number of thioether (sulfide) groups is 1. The van der Waals surface area contributed by atoms with Crippen LogP contribution in [-0.2, 0) is 0 Å². The summed E-state index contributed by atoms with van der Waals surface area (Å²) in [5.41, 5.74) is 1.29. The Kier molecular flexibility index (Phi) is 4.93. The molecule has 1 nitrogen and oxygen atoms in total. The van der Waals surface area contributed by atoms with E-state index in [0.29, 0.717) is 5.92 Å². The summed E-state index contributed by atoms with van der Waals surface area (Å²) >= 11 is 1.78. The SMILES string of the molecule is Cc1ccc(SCC(O)C2CCCCC2)cc1. The standard InChI is InChI=1S/C15H22OS/c1-12-7-9-14(10-8-12)17-11-15(16)13-5-3-2-4-6-13/h7-10,13,15-16H,2-6,11H2,1H3. The maximum atomic E-state index is 10.2. The highest BCUT2D eigenvalue weighted by molar-refractivity contribution is 7.99. The van der Waals surface area contributed by atoms with Crippen LogP contribution >= 0.6 is 11.8 Å². The Labute approximate surface area is 109 Å². The van der Waals surface area contributed by atoms with Crippen molar-refractivity contribution in [2.24, 2.45) is 5.92 Å². The monoisotopic (exact) mass is 250 g/mol. The van der Waals surface area contributed by atoms with E-state index in [1.165, 1.54) is 42.6 Å². The third kappa shape index (κ3) is 4.04. The second-order valence-corrected chi connectivity index (χ2v) is 6.18. The first-order valence-corrected chi connectivity index (χ1v) is 7.62. The highest BCUT2D eigenvalue weighted by atomic mass is 32.2. The van der Waals surface area contributed by atoms with Gasteiger partial charge in [0.1, 0.15) is 0 Å². The van der Waals surface area contributed by atoms with Crippen molar-refractivity contribution in [1.29, 1.82) is 0 Å². The van der Waals surface area contributed by atoms with Gasteiger partial charge in [0.2, 0.25) is 0 Å². The summed E-state index contributed by atoms with van der Waals surface area (Å²) in [6, 6.07) is 8.56. The number of hydrogen-bond donors (Lipinski definition) is 1. The first kappa shape index (κ1) is 13.0. The number of benzene rings is 1. The zero-order valence-corrected chi connectivity index (χ0v) is 11.4. The third-order valence-electron chi connectivity index (χ3n) is 3.64. The zero-order valence-electron chi connectivity index (χ0n) is 10.6. The molecule has 1 atom stereocenters. The van der Waals surface area contributed by atoms with E-state index >= 15 is 0 Å². The summed E-state index contributed by atoms with van der Waals surface area (Å²) in [5.74, 6) is 1.38. The molecule has 0 bridgehead atoms. The van der Waals surface area contributed by atoms with Crippen molar-refractivity contribution < 1.29 is 5.11 Å². The lowest BCUT2D eigenvalue weighted by Gasteiger charge is -2.26. The highest BCUT2D eigenvalue weighted by Crippen LogP contribution is 2.29. The van der Waals surface area contributed by atoms with E-state index in [-0.39, 0.29) is 6.10 Å². The van der Waals surface area contributed by atoms with Gasteiger partial charge in [0.05, 0.1) is 6.10 Å². The number of aliphatic hydroxyl groups excluding tert-OH is 1. The molecule has 0 aromatic heterocycles. The summed E-state index contributed by atoms with van der Waals surface area (Å²) < 4.78 is 0. The smallest absolute Gasteiger partial charge is 0.0662 e. The highest BCUT2D eigenvalue weighted by Gasteiger charge is 2.21. The molecule has 0 amide bonds. The molecule has 94 valence electrons. The van der Waals surface area contributed by atoms with Gasteiger partial charge in [-0.25, -0.2) is 0 Å². The quantitative estimate of drug-likeness (QED) is 0.814. The van der Waals surface area contributed by atoms with Crippen molar-refractivity contribution in [1.82, 2.24) is 0 Å². The number of aliphatic hydroxyl groups is 1. The minimum atomic E-state index is -0.124. The minimum Gasteiger partial charge on any atom is -0.392 e. The molecular formula is C15H22OS. The first-order valence-electron chi connectivity index (χ1n) is 6.63. The maximum absolute atomic E-state index is 10.2. The fraction of sp³-hybridized carbons (Fsp3) is 0.600. The zero-order chi connectivity index (χ0) is 12.1. The van der Waals surface area contributed by atoms with Gasteiger partial charge >= 0.3 is 0 Å². The molecule has 1 aromatic rings. The van der Waals surface area contributed by atoms with E-state index in [4.69, 9.17) is 0 Å². The van der Waals surface area contributed by atoms with Gasteiger partial charge in [0.15, 0.2) is 0 Å². The molecule has 2 heteroatoms. The van der Waals surface area contributed by atoms with Crippen molar-refractivity contribution in [2.75, 3.05) is 5.75 Å². The molecule has 1 saturated carbocycles. The Morgan fingerprint density at radius 3 is 2.47 bits per heavy atom. The third-order valence-corrected chi connectivity index (χ3v) is 4.75. The lowest BCUT2D eigenvalue weighted by molar-refractivity contribution is 0.105. The molecule has 2 rings (SSSR count). The van der Waals surface area contributed by atoms with E-state index in [9.17, 15) is 5.11 Å². The summed E-state index contributed by atoms with van der Waals surface area (Å²) in [5, 5.41) is 10.2.